The summed E-state index contributed by atoms with van der Waals surface area (Å²) in [5.74, 6) is 0.570. The summed E-state index contributed by atoms with van der Waals surface area (Å²) in [5, 5.41) is 7.16. The Labute approximate surface area is 142 Å². The second-order valence-corrected chi connectivity index (χ2v) is 6.71. The third-order valence-electron chi connectivity index (χ3n) is 3.63. The lowest BCUT2D eigenvalue weighted by molar-refractivity contribution is 0.0635. The van der Waals surface area contributed by atoms with Gasteiger partial charge < -0.3 is 9.47 Å². The number of hydrogen-bond acceptors (Lipinski definition) is 4. The average Bonchev–Trinajstić information content (AvgIpc) is 2.71. The Balaban J connectivity index is 2.33. The first-order valence-electron chi connectivity index (χ1n) is 7.81. The maximum absolute atomic E-state index is 12.0. The Morgan fingerprint density at radius 2 is 1.92 bits per heavy atom. The first-order chi connectivity index (χ1) is 11.1. The van der Waals surface area contributed by atoms with E-state index in [1.807, 2.05) is 64.5 Å². The van der Waals surface area contributed by atoms with Crippen molar-refractivity contribution in [3.63, 3.8) is 0 Å². The highest BCUT2D eigenvalue weighted by molar-refractivity contribution is 5.88. The van der Waals surface area contributed by atoms with Crippen molar-refractivity contribution in [2.24, 2.45) is 7.05 Å². The predicted molar refractivity (Wildman–Crippen MR) is 94.5 cm³/mol. The van der Waals surface area contributed by atoms with Crippen molar-refractivity contribution in [3.8, 4) is 16.9 Å². The minimum atomic E-state index is -0.554. The number of aromatic nitrogens is 2. The van der Waals surface area contributed by atoms with Gasteiger partial charge in [-0.1, -0.05) is 6.07 Å². The highest BCUT2D eigenvalue weighted by atomic mass is 16.6. The Bertz CT molecular complexity index is 758. The smallest absolute Gasteiger partial charge is 0.412 e. The fourth-order valence-corrected chi connectivity index (χ4v) is 2.55. The molecule has 1 N–H and O–H groups in total. The number of benzene rings is 1. The van der Waals surface area contributed by atoms with E-state index in [0.29, 0.717) is 11.4 Å². The summed E-state index contributed by atoms with van der Waals surface area (Å²) in [7, 11) is 3.49. The molecule has 0 aliphatic heterocycles. The number of nitrogens with zero attached hydrogens (tertiary/aromatic N) is 2. The highest BCUT2D eigenvalue weighted by Gasteiger charge is 2.19. The minimum Gasteiger partial charge on any atom is -0.495 e. The number of amides is 1. The van der Waals surface area contributed by atoms with Crippen molar-refractivity contribution in [2.45, 2.75) is 40.2 Å². The Morgan fingerprint density at radius 3 is 2.42 bits per heavy atom. The molecule has 1 aromatic heterocycles. The van der Waals surface area contributed by atoms with Crippen LogP contribution in [0.4, 0.5) is 10.5 Å². The molecule has 0 saturated carbocycles. The van der Waals surface area contributed by atoms with Crippen molar-refractivity contribution in [2.75, 3.05) is 12.4 Å². The number of methoxy groups -OCH3 is 1. The number of ether oxygens (including phenoxy) is 2. The van der Waals surface area contributed by atoms with E-state index in [2.05, 4.69) is 10.4 Å². The molecule has 130 valence electrons. The molecule has 2 aromatic rings. The van der Waals surface area contributed by atoms with Crippen LogP contribution in [0.15, 0.2) is 18.2 Å². The predicted octanol–water partition coefficient (Wildman–Crippen LogP) is 4.06. The van der Waals surface area contributed by atoms with Gasteiger partial charge in [-0.2, -0.15) is 5.10 Å². The van der Waals surface area contributed by atoms with Crippen LogP contribution in [0.1, 0.15) is 32.2 Å². The SMILES string of the molecule is COc1cc(-c2c(C)nn(C)c2C)ccc1NC(=O)OC(C)(C)C. The fraction of sp³-hybridized carbons (Fsp3) is 0.444. The Kier molecular flexibility index (Phi) is 4.87. The van der Waals surface area contributed by atoms with Gasteiger partial charge in [0, 0.05) is 18.3 Å². The summed E-state index contributed by atoms with van der Waals surface area (Å²) in [6.07, 6.45) is -0.512. The molecule has 0 bridgehead atoms. The van der Waals surface area contributed by atoms with Gasteiger partial charge in [0.25, 0.3) is 0 Å². The van der Waals surface area contributed by atoms with Gasteiger partial charge >= 0.3 is 6.09 Å². The van der Waals surface area contributed by atoms with E-state index in [4.69, 9.17) is 9.47 Å². The van der Waals surface area contributed by atoms with Crippen LogP contribution in [0.25, 0.3) is 11.1 Å². The number of carbonyl (C=O) groups is 1. The molecule has 1 amide bonds. The first kappa shape index (κ1) is 17.8. The number of aryl methyl sites for hydroxylation is 2. The number of hydrogen-bond donors (Lipinski definition) is 1. The topological polar surface area (TPSA) is 65.4 Å². The van der Waals surface area contributed by atoms with E-state index in [1.165, 1.54) is 0 Å². The molecule has 0 aliphatic carbocycles. The number of carbonyl (C=O) groups excluding carboxylic acids is 1. The Hall–Kier alpha value is -2.50. The van der Waals surface area contributed by atoms with Gasteiger partial charge in [0.2, 0.25) is 0 Å². The van der Waals surface area contributed by atoms with Crippen LogP contribution < -0.4 is 10.1 Å². The minimum absolute atomic E-state index is 0.512. The molecule has 6 nitrogen and oxygen atoms in total. The standard InChI is InChI=1S/C18H25N3O3/c1-11-16(12(2)21(6)20-11)13-8-9-14(15(10-13)23-7)19-17(22)24-18(3,4)5/h8-10H,1-7H3,(H,19,22). The van der Waals surface area contributed by atoms with Crippen LogP contribution in [0.3, 0.4) is 0 Å². The van der Waals surface area contributed by atoms with Crippen LogP contribution >= 0.6 is 0 Å². The number of nitrogens with one attached hydrogen (secondary N) is 1. The highest BCUT2D eigenvalue weighted by Crippen LogP contribution is 2.34. The summed E-state index contributed by atoms with van der Waals surface area (Å²) in [5.41, 5.74) is 4.09. The van der Waals surface area contributed by atoms with Crippen molar-refractivity contribution in [3.05, 3.63) is 29.6 Å². The monoisotopic (exact) mass is 331 g/mol. The normalized spacial score (nSPS) is 11.3. The van der Waals surface area contributed by atoms with Gasteiger partial charge in [-0.05, 0) is 52.3 Å². The Morgan fingerprint density at radius 1 is 1.25 bits per heavy atom. The van der Waals surface area contributed by atoms with Crippen molar-refractivity contribution >= 4 is 11.8 Å². The third-order valence-corrected chi connectivity index (χ3v) is 3.63. The second kappa shape index (κ2) is 6.55. The summed E-state index contributed by atoms with van der Waals surface area (Å²) >= 11 is 0. The van der Waals surface area contributed by atoms with E-state index in [0.717, 1.165) is 22.5 Å². The van der Waals surface area contributed by atoms with E-state index >= 15 is 0 Å². The lowest BCUT2D eigenvalue weighted by Crippen LogP contribution is -2.27. The van der Waals surface area contributed by atoms with Gasteiger partial charge in [0.05, 0.1) is 18.5 Å². The molecule has 0 saturated heterocycles. The molecule has 24 heavy (non-hydrogen) atoms. The quantitative estimate of drug-likeness (QED) is 0.921. The molecular formula is C18H25N3O3. The summed E-state index contributed by atoms with van der Waals surface area (Å²) in [4.78, 5) is 12.0. The van der Waals surface area contributed by atoms with Crippen molar-refractivity contribution in [1.82, 2.24) is 9.78 Å². The van der Waals surface area contributed by atoms with Gasteiger partial charge in [-0.3, -0.25) is 10.00 Å². The van der Waals surface area contributed by atoms with Gasteiger partial charge in [-0.15, -0.1) is 0 Å². The third kappa shape index (κ3) is 3.88. The second-order valence-electron chi connectivity index (χ2n) is 6.71. The molecule has 0 fully saturated rings. The molecule has 0 unspecified atom stereocenters. The molecule has 2 rings (SSSR count). The molecule has 0 atom stereocenters. The van der Waals surface area contributed by atoms with E-state index < -0.39 is 11.7 Å². The van der Waals surface area contributed by atoms with E-state index in [9.17, 15) is 4.79 Å². The van der Waals surface area contributed by atoms with Gasteiger partial charge in [-0.25, -0.2) is 4.79 Å². The fourth-order valence-electron chi connectivity index (χ4n) is 2.55. The van der Waals surface area contributed by atoms with Crippen LogP contribution in [-0.2, 0) is 11.8 Å². The zero-order valence-corrected chi connectivity index (χ0v) is 15.4. The molecule has 6 heteroatoms. The number of anilines is 1. The van der Waals surface area contributed by atoms with Crippen LogP contribution in [0.2, 0.25) is 0 Å². The lowest BCUT2D eigenvalue weighted by atomic mass is 10.0. The zero-order chi connectivity index (χ0) is 18.1. The molecule has 0 spiro atoms. The van der Waals surface area contributed by atoms with Crippen LogP contribution in [0.5, 0.6) is 5.75 Å². The van der Waals surface area contributed by atoms with Gasteiger partial charge in [0.1, 0.15) is 11.4 Å². The molecule has 1 heterocycles. The zero-order valence-electron chi connectivity index (χ0n) is 15.4. The lowest BCUT2D eigenvalue weighted by Gasteiger charge is -2.20. The van der Waals surface area contributed by atoms with Crippen LogP contribution in [0, 0.1) is 13.8 Å². The molecule has 0 aliphatic rings. The van der Waals surface area contributed by atoms with Crippen molar-refractivity contribution in [1.29, 1.82) is 0 Å². The van der Waals surface area contributed by atoms with E-state index in [-0.39, 0.29) is 0 Å². The molecule has 0 radical (unpaired) electrons. The number of rotatable bonds is 3. The van der Waals surface area contributed by atoms with Gasteiger partial charge in [0.15, 0.2) is 0 Å². The first-order valence-corrected chi connectivity index (χ1v) is 7.81. The van der Waals surface area contributed by atoms with E-state index in [1.54, 1.807) is 7.11 Å². The average molecular weight is 331 g/mol. The summed E-state index contributed by atoms with van der Waals surface area (Å²) in [6.45, 7) is 9.46. The summed E-state index contributed by atoms with van der Waals surface area (Å²) in [6, 6.07) is 5.64. The van der Waals surface area contributed by atoms with Crippen molar-refractivity contribution < 1.29 is 14.3 Å². The molecular weight excluding hydrogens is 306 g/mol. The molecule has 1 aromatic carbocycles. The maximum Gasteiger partial charge on any atom is 0.412 e. The van der Waals surface area contributed by atoms with Crippen LogP contribution in [-0.4, -0.2) is 28.6 Å². The largest absolute Gasteiger partial charge is 0.495 e. The summed E-state index contributed by atoms with van der Waals surface area (Å²) < 4.78 is 12.6. The maximum atomic E-state index is 12.0.